The van der Waals surface area contributed by atoms with Gasteiger partial charge in [0.15, 0.2) is 0 Å². The number of benzene rings is 1. The molecule has 1 atom stereocenters. The second-order valence-electron chi connectivity index (χ2n) is 6.12. The highest BCUT2D eigenvalue weighted by atomic mass is 32.2. The molecule has 21 heavy (non-hydrogen) atoms. The highest BCUT2D eigenvalue weighted by Crippen LogP contribution is 2.37. The molecule has 2 aliphatic rings. The van der Waals surface area contributed by atoms with Gasteiger partial charge in [0, 0.05) is 22.7 Å². The van der Waals surface area contributed by atoms with Gasteiger partial charge >= 0.3 is 6.03 Å². The third-order valence-corrected chi connectivity index (χ3v) is 5.66. The summed E-state index contributed by atoms with van der Waals surface area (Å²) in [6, 6.07) is 8.73. The quantitative estimate of drug-likeness (QED) is 0.833. The zero-order valence-corrected chi connectivity index (χ0v) is 13.5. The van der Waals surface area contributed by atoms with Crippen molar-refractivity contribution in [3.05, 3.63) is 24.3 Å². The summed E-state index contributed by atoms with van der Waals surface area (Å²) in [5.74, 6) is 0. The number of nitrogens with zero attached hydrogens (tertiary/aromatic N) is 1. The van der Waals surface area contributed by atoms with Crippen LogP contribution in [-0.2, 0) is 0 Å². The van der Waals surface area contributed by atoms with E-state index >= 15 is 0 Å². The molecule has 0 bridgehead atoms. The third-order valence-electron chi connectivity index (χ3n) is 4.42. The summed E-state index contributed by atoms with van der Waals surface area (Å²) in [6.07, 6.45) is 7.10. The largest absolute Gasteiger partial charge is 0.335 e. The van der Waals surface area contributed by atoms with Crippen LogP contribution >= 0.6 is 11.8 Å². The van der Waals surface area contributed by atoms with Crippen LogP contribution in [0.2, 0.25) is 0 Å². The normalized spacial score (nSPS) is 23.3. The molecule has 4 heteroatoms. The van der Waals surface area contributed by atoms with Crippen molar-refractivity contribution in [1.29, 1.82) is 0 Å². The highest BCUT2D eigenvalue weighted by Gasteiger charge is 2.26. The molecule has 1 aromatic rings. The highest BCUT2D eigenvalue weighted by molar-refractivity contribution is 8.00. The van der Waals surface area contributed by atoms with Crippen LogP contribution in [-0.4, -0.2) is 23.9 Å². The summed E-state index contributed by atoms with van der Waals surface area (Å²) in [4.78, 5) is 15.9. The number of hydrogen-bond donors (Lipinski definition) is 1. The molecular weight excluding hydrogens is 280 g/mol. The van der Waals surface area contributed by atoms with Gasteiger partial charge in [-0.05, 0) is 31.4 Å². The fraction of sp³-hybridized carbons (Fsp3) is 0.588. The Balaban J connectivity index is 1.75. The first kappa shape index (κ1) is 14.8. The summed E-state index contributed by atoms with van der Waals surface area (Å²) >= 11 is 1.88. The number of thioether (sulfide) groups is 1. The summed E-state index contributed by atoms with van der Waals surface area (Å²) in [7, 11) is 0. The van der Waals surface area contributed by atoms with E-state index in [4.69, 9.17) is 0 Å². The summed E-state index contributed by atoms with van der Waals surface area (Å²) in [5.41, 5.74) is 1.07. The van der Waals surface area contributed by atoms with Crippen molar-refractivity contribution in [1.82, 2.24) is 5.32 Å². The monoisotopic (exact) mass is 304 g/mol. The second kappa shape index (κ2) is 6.73. The van der Waals surface area contributed by atoms with Gasteiger partial charge in [-0.2, -0.15) is 0 Å². The number of urea groups is 1. The van der Waals surface area contributed by atoms with Gasteiger partial charge in [-0.1, -0.05) is 38.3 Å². The van der Waals surface area contributed by atoms with Crippen molar-refractivity contribution in [2.24, 2.45) is 0 Å². The molecule has 0 saturated heterocycles. The molecule has 1 heterocycles. The first-order chi connectivity index (χ1) is 10.2. The molecule has 1 aliphatic carbocycles. The Kier molecular flexibility index (Phi) is 4.73. The molecule has 114 valence electrons. The third kappa shape index (κ3) is 3.54. The van der Waals surface area contributed by atoms with Crippen molar-refractivity contribution in [3.8, 4) is 0 Å². The van der Waals surface area contributed by atoms with Gasteiger partial charge in [-0.25, -0.2) is 4.79 Å². The first-order valence-corrected chi connectivity index (χ1v) is 8.96. The number of carbonyl (C=O) groups excluding carboxylic acids is 1. The topological polar surface area (TPSA) is 32.3 Å². The molecule has 3 nitrogen and oxygen atoms in total. The maximum atomic E-state index is 12.7. The Morgan fingerprint density at radius 1 is 1.19 bits per heavy atom. The fourth-order valence-corrected chi connectivity index (χ4v) is 4.31. The van der Waals surface area contributed by atoms with Crippen molar-refractivity contribution in [3.63, 3.8) is 0 Å². The van der Waals surface area contributed by atoms with E-state index in [9.17, 15) is 4.79 Å². The summed E-state index contributed by atoms with van der Waals surface area (Å²) in [6.45, 7) is 3.05. The standard InChI is InChI=1S/C17H24N2OS/c1-13-11-12-19(15-9-5-6-10-16(15)21-13)17(20)18-14-7-3-2-4-8-14/h5-6,9-10,13-14H,2-4,7-8,11-12H2,1H3,(H,18,20)/t13-/m1/s1. The van der Waals surface area contributed by atoms with E-state index in [1.165, 1.54) is 24.2 Å². The maximum absolute atomic E-state index is 12.7. The van der Waals surface area contributed by atoms with E-state index in [1.54, 1.807) is 0 Å². The lowest BCUT2D eigenvalue weighted by Crippen LogP contribution is -2.46. The molecule has 0 spiro atoms. The van der Waals surface area contributed by atoms with E-state index in [-0.39, 0.29) is 6.03 Å². The Labute approximate surface area is 131 Å². The lowest BCUT2D eigenvalue weighted by molar-refractivity contribution is 0.238. The number of nitrogens with one attached hydrogen (secondary N) is 1. The zero-order chi connectivity index (χ0) is 14.7. The van der Waals surface area contributed by atoms with Crippen molar-refractivity contribution in [2.75, 3.05) is 11.4 Å². The van der Waals surface area contributed by atoms with Gasteiger partial charge in [-0.15, -0.1) is 11.8 Å². The van der Waals surface area contributed by atoms with Crippen LogP contribution < -0.4 is 10.2 Å². The molecule has 0 aromatic heterocycles. The van der Waals surface area contributed by atoms with Gasteiger partial charge in [0.25, 0.3) is 0 Å². The fourth-order valence-electron chi connectivity index (χ4n) is 3.20. The molecule has 1 N–H and O–H groups in total. The molecule has 1 aromatic carbocycles. The zero-order valence-electron chi connectivity index (χ0n) is 12.7. The second-order valence-corrected chi connectivity index (χ2v) is 7.60. The molecule has 0 unspecified atom stereocenters. The Morgan fingerprint density at radius 3 is 2.76 bits per heavy atom. The van der Waals surface area contributed by atoms with E-state index in [0.717, 1.165) is 31.5 Å². The SMILES string of the molecule is C[C@@H]1CCN(C(=O)NC2CCCCC2)c2ccccc2S1. The summed E-state index contributed by atoms with van der Waals surface area (Å²) in [5, 5.41) is 3.80. The predicted octanol–water partition coefficient (Wildman–Crippen LogP) is 4.42. The van der Waals surface area contributed by atoms with Gasteiger partial charge < -0.3 is 5.32 Å². The van der Waals surface area contributed by atoms with Crippen molar-refractivity contribution >= 4 is 23.5 Å². The van der Waals surface area contributed by atoms with Crippen LogP contribution in [0.15, 0.2) is 29.2 Å². The molecule has 1 aliphatic heterocycles. The van der Waals surface area contributed by atoms with E-state index in [1.807, 2.05) is 22.7 Å². The Hall–Kier alpha value is -1.16. The van der Waals surface area contributed by atoms with Gasteiger partial charge in [0.1, 0.15) is 0 Å². The Bertz CT molecular complexity index is 499. The Morgan fingerprint density at radius 2 is 1.95 bits per heavy atom. The van der Waals surface area contributed by atoms with Gasteiger partial charge in [0.05, 0.1) is 5.69 Å². The van der Waals surface area contributed by atoms with E-state index in [0.29, 0.717) is 11.3 Å². The van der Waals surface area contributed by atoms with E-state index < -0.39 is 0 Å². The lowest BCUT2D eigenvalue weighted by Gasteiger charge is -2.28. The lowest BCUT2D eigenvalue weighted by atomic mass is 9.96. The molecule has 0 radical (unpaired) electrons. The number of fused-ring (bicyclic) bond motifs is 1. The molecule has 1 saturated carbocycles. The van der Waals surface area contributed by atoms with Crippen molar-refractivity contribution in [2.45, 2.75) is 61.6 Å². The smallest absolute Gasteiger partial charge is 0.322 e. The van der Waals surface area contributed by atoms with Gasteiger partial charge in [-0.3, -0.25) is 4.90 Å². The summed E-state index contributed by atoms with van der Waals surface area (Å²) < 4.78 is 0. The average Bonchev–Trinajstić information content (AvgIpc) is 2.66. The number of hydrogen-bond acceptors (Lipinski definition) is 2. The molecular formula is C17H24N2OS. The minimum Gasteiger partial charge on any atom is -0.335 e. The van der Waals surface area contributed by atoms with Crippen LogP contribution in [0.25, 0.3) is 0 Å². The van der Waals surface area contributed by atoms with Crippen molar-refractivity contribution < 1.29 is 4.79 Å². The maximum Gasteiger partial charge on any atom is 0.322 e. The minimum atomic E-state index is 0.0871. The predicted molar refractivity (Wildman–Crippen MR) is 89.1 cm³/mol. The van der Waals surface area contributed by atoms with E-state index in [2.05, 4.69) is 30.4 Å². The number of rotatable bonds is 1. The number of amides is 2. The van der Waals surface area contributed by atoms with Gasteiger partial charge in [0.2, 0.25) is 0 Å². The first-order valence-electron chi connectivity index (χ1n) is 8.08. The molecule has 2 amide bonds. The number of para-hydroxylation sites is 1. The van der Waals surface area contributed by atoms with Crippen LogP contribution in [0.4, 0.5) is 10.5 Å². The van der Waals surface area contributed by atoms with Crippen LogP contribution in [0.1, 0.15) is 45.4 Å². The van der Waals surface area contributed by atoms with Crippen LogP contribution in [0.3, 0.4) is 0 Å². The van der Waals surface area contributed by atoms with Crippen LogP contribution in [0, 0.1) is 0 Å². The molecule has 1 fully saturated rings. The van der Waals surface area contributed by atoms with Crippen LogP contribution in [0.5, 0.6) is 0 Å². The number of anilines is 1. The minimum absolute atomic E-state index is 0.0871. The number of carbonyl (C=O) groups is 1. The average molecular weight is 304 g/mol. The molecule has 3 rings (SSSR count).